The van der Waals surface area contributed by atoms with E-state index in [2.05, 4.69) is 20.8 Å². The van der Waals surface area contributed by atoms with Crippen LogP contribution in [0.1, 0.15) is 48.6 Å². The van der Waals surface area contributed by atoms with E-state index >= 15 is 0 Å². The van der Waals surface area contributed by atoms with Gasteiger partial charge in [0.25, 0.3) is 11.6 Å². The maximum Gasteiger partial charge on any atom is 0.274 e. The summed E-state index contributed by atoms with van der Waals surface area (Å²) in [6.45, 7) is 8.07. The molecule has 0 aliphatic rings. The van der Waals surface area contributed by atoms with Gasteiger partial charge < -0.3 is 19.9 Å². The number of nitro benzene ring substituents is 1. The van der Waals surface area contributed by atoms with Crippen LogP contribution in [0.3, 0.4) is 0 Å². The van der Waals surface area contributed by atoms with Crippen LogP contribution in [0.5, 0.6) is 5.75 Å². The number of hydrogen-bond acceptors (Lipinski definition) is 8. The number of hydrogen-bond donors (Lipinski definition) is 2. The van der Waals surface area contributed by atoms with E-state index in [-0.39, 0.29) is 29.2 Å². The first-order valence-electron chi connectivity index (χ1n) is 11.7. The second kappa shape index (κ2) is 12.3. The molecule has 0 radical (unpaired) electrons. The van der Waals surface area contributed by atoms with Gasteiger partial charge >= 0.3 is 0 Å². The molecule has 12 heteroatoms. The lowest BCUT2D eigenvalue weighted by Gasteiger charge is -2.22. The smallest absolute Gasteiger partial charge is 0.274 e. The van der Waals surface area contributed by atoms with Crippen LogP contribution >= 0.6 is 11.8 Å². The number of anilines is 1. The van der Waals surface area contributed by atoms with Gasteiger partial charge in [-0.3, -0.25) is 19.7 Å². The van der Waals surface area contributed by atoms with E-state index in [0.29, 0.717) is 40.1 Å². The largest absolute Gasteiger partial charge is 0.497 e. The fourth-order valence-corrected chi connectivity index (χ4v) is 4.45. The molecule has 3 rings (SSSR count). The summed E-state index contributed by atoms with van der Waals surface area (Å²) in [7, 11) is 1.56. The van der Waals surface area contributed by atoms with Gasteiger partial charge in [-0.15, -0.1) is 10.2 Å². The molecule has 0 aliphatic carbocycles. The second-order valence-electron chi connectivity index (χ2n) is 8.60. The first-order chi connectivity index (χ1) is 17.6. The molecule has 2 amide bonds. The number of nitrogens with zero attached hydrogens (tertiary/aromatic N) is 4. The molecule has 37 heavy (non-hydrogen) atoms. The Hall–Kier alpha value is -3.93. The van der Waals surface area contributed by atoms with E-state index in [1.807, 2.05) is 25.3 Å². The highest BCUT2D eigenvalue weighted by molar-refractivity contribution is 7.99. The standard InChI is InChI=1S/C25H30N6O5S/c1-6-30-23(22(15(2)3)27-24(33)17-8-11-19(36-5)12-9-17)28-29-25(30)37-14-21(32)26-18-10-7-16(4)20(13-18)31(34)35/h7-13,15,22H,6,14H2,1-5H3,(H,26,32)(H,27,33). The van der Waals surface area contributed by atoms with Crippen molar-refractivity contribution >= 4 is 35.0 Å². The fraction of sp³-hybridized carbons (Fsp3) is 0.360. The van der Waals surface area contributed by atoms with Gasteiger partial charge in [0.15, 0.2) is 11.0 Å². The van der Waals surface area contributed by atoms with Gasteiger partial charge in [-0.2, -0.15) is 0 Å². The average Bonchev–Trinajstić information content (AvgIpc) is 3.29. The van der Waals surface area contributed by atoms with Crippen molar-refractivity contribution in [2.24, 2.45) is 5.92 Å². The zero-order valence-corrected chi connectivity index (χ0v) is 22.2. The lowest BCUT2D eigenvalue weighted by Crippen LogP contribution is -2.33. The number of aromatic nitrogens is 3. The van der Waals surface area contributed by atoms with Crippen LogP contribution in [-0.4, -0.2) is 44.4 Å². The van der Waals surface area contributed by atoms with Crippen LogP contribution < -0.4 is 15.4 Å². The zero-order chi connectivity index (χ0) is 27.1. The van der Waals surface area contributed by atoms with E-state index in [4.69, 9.17) is 4.74 Å². The third-order valence-electron chi connectivity index (χ3n) is 5.67. The number of carbonyl (C=O) groups is 2. The van der Waals surface area contributed by atoms with Crippen molar-refractivity contribution in [2.75, 3.05) is 18.2 Å². The van der Waals surface area contributed by atoms with Crippen molar-refractivity contribution in [1.82, 2.24) is 20.1 Å². The lowest BCUT2D eigenvalue weighted by molar-refractivity contribution is -0.385. The van der Waals surface area contributed by atoms with Crippen LogP contribution in [0.2, 0.25) is 0 Å². The molecule has 0 saturated carbocycles. The molecular weight excluding hydrogens is 496 g/mol. The molecule has 1 aromatic heterocycles. The van der Waals surface area contributed by atoms with Crippen LogP contribution in [0, 0.1) is 23.0 Å². The number of nitrogens with one attached hydrogen (secondary N) is 2. The monoisotopic (exact) mass is 526 g/mol. The van der Waals surface area contributed by atoms with E-state index in [9.17, 15) is 19.7 Å². The summed E-state index contributed by atoms with van der Waals surface area (Å²) in [6.07, 6.45) is 0. The van der Waals surface area contributed by atoms with Crippen molar-refractivity contribution in [3.05, 3.63) is 69.5 Å². The Balaban J connectivity index is 1.70. The predicted molar refractivity (Wildman–Crippen MR) is 141 cm³/mol. The maximum absolute atomic E-state index is 12.9. The first kappa shape index (κ1) is 27.7. The Kier molecular flexibility index (Phi) is 9.23. The number of aryl methyl sites for hydroxylation is 1. The molecule has 0 aliphatic heterocycles. The van der Waals surface area contributed by atoms with Gasteiger partial charge in [0.1, 0.15) is 5.75 Å². The van der Waals surface area contributed by atoms with Gasteiger partial charge in [-0.1, -0.05) is 31.7 Å². The topological polar surface area (TPSA) is 141 Å². The number of rotatable bonds is 11. The van der Waals surface area contributed by atoms with Crippen LogP contribution in [-0.2, 0) is 11.3 Å². The summed E-state index contributed by atoms with van der Waals surface area (Å²) in [5.41, 5.74) is 1.30. The van der Waals surface area contributed by atoms with Gasteiger partial charge in [-0.25, -0.2) is 0 Å². The number of carbonyl (C=O) groups excluding carboxylic acids is 2. The molecule has 2 N–H and O–H groups in total. The summed E-state index contributed by atoms with van der Waals surface area (Å²) in [6, 6.07) is 11.0. The van der Waals surface area contributed by atoms with Gasteiger partial charge in [0.05, 0.1) is 23.8 Å². The van der Waals surface area contributed by atoms with Crippen LogP contribution in [0.25, 0.3) is 0 Å². The molecule has 11 nitrogen and oxygen atoms in total. The van der Waals surface area contributed by atoms with Crippen molar-refractivity contribution < 1.29 is 19.2 Å². The quantitative estimate of drug-likeness (QED) is 0.213. The molecule has 1 atom stereocenters. The summed E-state index contributed by atoms with van der Waals surface area (Å²) < 4.78 is 7.02. The van der Waals surface area contributed by atoms with Gasteiger partial charge in [0.2, 0.25) is 5.91 Å². The number of benzene rings is 2. The minimum Gasteiger partial charge on any atom is -0.497 e. The molecular formula is C25H30N6O5S. The molecule has 0 saturated heterocycles. The van der Waals surface area contributed by atoms with Gasteiger partial charge in [-0.05, 0) is 50.1 Å². The molecule has 2 aromatic carbocycles. The first-order valence-corrected chi connectivity index (χ1v) is 12.7. The van der Waals surface area contributed by atoms with Crippen LogP contribution in [0.15, 0.2) is 47.6 Å². The third kappa shape index (κ3) is 6.85. The average molecular weight is 527 g/mol. The summed E-state index contributed by atoms with van der Waals surface area (Å²) >= 11 is 1.20. The van der Waals surface area contributed by atoms with Crippen LogP contribution in [0.4, 0.5) is 11.4 Å². The Morgan fingerprint density at radius 1 is 1.16 bits per heavy atom. The number of methoxy groups -OCH3 is 1. The molecule has 0 bridgehead atoms. The van der Waals surface area contributed by atoms with E-state index < -0.39 is 11.0 Å². The second-order valence-corrected chi connectivity index (χ2v) is 9.55. The van der Waals surface area contributed by atoms with Gasteiger partial charge in [0, 0.05) is 29.4 Å². The van der Waals surface area contributed by atoms with E-state index in [1.54, 1.807) is 50.4 Å². The normalized spacial score (nSPS) is 11.7. The molecule has 1 heterocycles. The Bertz CT molecular complexity index is 1280. The zero-order valence-electron chi connectivity index (χ0n) is 21.3. The molecule has 0 spiro atoms. The molecule has 3 aromatic rings. The predicted octanol–water partition coefficient (Wildman–Crippen LogP) is 4.38. The highest BCUT2D eigenvalue weighted by Crippen LogP contribution is 2.27. The Morgan fingerprint density at radius 3 is 2.46 bits per heavy atom. The van der Waals surface area contributed by atoms with E-state index in [0.717, 1.165) is 0 Å². The maximum atomic E-state index is 12.9. The van der Waals surface area contributed by atoms with Crippen molar-refractivity contribution in [2.45, 2.75) is 45.4 Å². The molecule has 1 unspecified atom stereocenters. The summed E-state index contributed by atoms with van der Waals surface area (Å²) in [5, 5.41) is 26.0. The highest BCUT2D eigenvalue weighted by atomic mass is 32.2. The van der Waals surface area contributed by atoms with Crippen molar-refractivity contribution in [3.8, 4) is 5.75 Å². The minimum absolute atomic E-state index is 0.0233. The minimum atomic E-state index is -0.483. The number of amides is 2. The summed E-state index contributed by atoms with van der Waals surface area (Å²) in [5.74, 6) is 0.738. The van der Waals surface area contributed by atoms with E-state index in [1.165, 1.54) is 17.8 Å². The number of ether oxygens (including phenoxy) is 1. The Morgan fingerprint density at radius 2 is 1.86 bits per heavy atom. The third-order valence-corrected chi connectivity index (χ3v) is 6.63. The Labute approximate surface area is 219 Å². The lowest BCUT2D eigenvalue weighted by atomic mass is 10.0. The highest BCUT2D eigenvalue weighted by Gasteiger charge is 2.26. The van der Waals surface area contributed by atoms with Crippen molar-refractivity contribution in [1.29, 1.82) is 0 Å². The SMILES string of the molecule is CCn1c(SCC(=O)Nc2ccc(C)c([N+](=O)[O-])c2)nnc1C(NC(=O)c1ccc(OC)cc1)C(C)C. The summed E-state index contributed by atoms with van der Waals surface area (Å²) in [4.78, 5) is 36.1. The molecule has 0 fully saturated rings. The van der Waals surface area contributed by atoms with Crippen molar-refractivity contribution in [3.63, 3.8) is 0 Å². The number of nitro groups is 1. The molecule has 196 valence electrons. The number of thioether (sulfide) groups is 1. The fourth-order valence-electron chi connectivity index (χ4n) is 3.64.